The zero-order valence-corrected chi connectivity index (χ0v) is 12.8. The van der Waals surface area contributed by atoms with E-state index in [4.69, 9.17) is 5.11 Å². The summed E-state index contributed by atoms with van der Waals surface area (Å²) in [4.78, 5) is 10.9. The van der Waals surface area contributed by atoms with Crippen molar-refractivity contribution in [2.45, 2.75) is 18.1 Å². The molecule has 0 unspecified atom stereocenters. The lowest BCUT2D eigenvalue weighted by Crippen LogP contribution is -2.11. The van der Waals surface area contributed by atoms with Crippen LogP contribution in [-0.4, -0.2) is 19.5 Å². The van der Waals surface area contributed by atoms with E-state index in [1.54, 1.807) is 0 Å². The number of hydrogen-bond acceptors (Lipinski definition) is 4. The normalized spacial score (nSPS) is 11.4. The predicted molar refractivity (Wildman–Crippen MR) is 78.0 cm³/mol. The van der Waals surface area contributed by atoms with E-state index in [1.807, 2.05) is 0 Å². The molecule has 1 heterocycles. The number of hydrogen-bond donors (Lipinski definition) is 2. The van der Waals surface area contributed by atoms with E-state index in [2.05, 4.69) is 4.72 Å². The van der Waals surface area contributed by atoms with E-state index in [0.717, 1.165) is 6.07 Å². The van der Waals surface area contributed by atoms with Gasteiger partial charge in [0, 0.05) is 5.69 Å². The molecule has 0 atom stereocenters. The number of carbonyl (C=O) groups is 1. The molecule has 8 heteroatoms. The maximum absolute atomic E-state index is 13.2. The van der Waals surface area contributed by atoms with Crippen LogP contribution in [0.5, 0.6) is 0 Å². The van der Waals surface area contributed by atoms with E-state index < -0.39 is 21.8 Å². The Kier molecular flexibility index (Phi) is 4.02. The van der Waals surface area contributed by atoms with Crippen LogP contribution in [0, 0.1) is 19.7 Å². The fourth-order valence-corrected chi connectivity index (χ4v) is 4.14. The number of benzene rings is 1. The van der Waals surface area contributed by atoms with Gasteiger partial charge in [0.2, 0.25) is 0 Å². The molecule has 0 aliphatic rings. The standard InChI is InChI=1S/C13H12FNO4S2/c1-7-5-9(3-4-10(7)14)15-21(18,19)11-6-8(2)12(20-11)13(16)17/h3-6,15H,1-2H3,(H,16,17). The molecule has 5 nitrogen and oxygen atoms in total. The first kappa shape index (κ1) is 15.5. The average molecular weight is 329 g/mol. The third-order valence-corrected chi connectivity index (χ3v) is 5.84. The monoisotopic (exact) mass is 329 g/mol. The molecular formula is C13H12FNO4S2. The molecule has 0 bridgehead atoms. The van der Waals surface area contributed by atoms with Gasteiger partial charge in [-0.05, 0) is 49.2 Å². The van der Waals surface area contributed by atoms with Crippen molar-refractivity contribution >= 4 is 33.0 Å². The summed E-state index contributed by atoms with van der Waals surface area (Å²) in [6.07, 6.45) is 0. The van der Waals surface area contributed by atoms with Gasteiger partial charge in [0.05, 0.1) is 0 Å². The van der Waals surface area contributed by atoms with Crippen LogP contribution in [0.1, 0.15) is 20.8 Å². The average Bonchev–Trinajstić information content (AvgIpc) is 2.77. The second-order valence-corrected chi connectivity index (χ2v) is 7.41. The third-order valence-electron chi connectivity index (χ3n) is 2.76. The van der Waals surface area contributed by atoms with Gasteiger partial charge < -0.3 is 5.11 Å². The van der Waals surface area contributed by atoms with E-state index >= 15 is 0 Å². The number of sulfonamides is 1. The summed E-state index contributed by atoms with van der Waals surface area (Å²) in [5, 5.41) is 8.95. The highest BCUT2D eigenvalue weighted by atomic mass is 32.2. The fourth-order valence-electron chi connectivity index (χ4n) is 1.71. The third kappa shape index (κ3) is 3.22. The Labute approximate surface area is 125 Å². The van der Waals surface area contributed by atoms with E-state index in [1.165, 1.54) is 32.0 Å². The number of nitrogens with one attached hydrogen (secondary N) is 1. The molecule has 0 saturated carbocycles. The Hall–Kier alpha value is -1.93. The highest BCUT2D eigenvalue weighted by Crippen LogP contribution is 2.28. The number of anilines is 1. The second-order valence-electron chi connectivity index (χ2n) is 4.45. The van der Waals surface area contributed by atoms with Crippen molar-refractivity contribution in [3.63, 3.8) is 0 Å². The summed E-state index contributed by atoms with van der Waals surface area (Å²) in [6.45, 7) is 3.05. The van der Waals surface area contributed by atoms with Gasteiger partial charge in [-0.3, -0.25) is 4.72 Å². The minimum absolute atomic E-state index is 0.0225. The molecule has 0 saturated heterocycles. The van der Waals surface area contributed by atoms with Gasteiger partial charge in [0.25, 0.3) is 10.0 Å². The Morgan fingerprint density at radius 3 is 2.43 bits per heavy atom. The molecule has 2 N–H and O–H groups in total. The van der Waals surface area contributed by atoms with Gasteiger partial charge in [-0.1, -0.05) is 0 Å². The van der Waals surface area contributed by atoms with Crippen LogP contribution in [0.3, 0.4) is 0 Å². The first-order valence-electron chi connectivity index (χ1n) is 5.83. The Bertz CT molecular complexity index is 812. The second kappa shape index (κ2) is 5.45. The fraction of sp³-hybridized carbons (Fsp3) is 0.154. The minimum Gasteiger partial charge on any atom is -0.477 e. The quantitative estimate of drug-likeness (QED) is 0.903. The zero-order chi connectivity index (χ0) is 15.8. The van der Waals surface area contributed by atoms with E-state index in [9.17, 15) is 17.6 Å². The largest absolute Gasteiger partial charge is 0.477 e. The van der Waals surface area contributed by atoms with Crippen molar-refractivity contribution in [3.05, 3.63) is 46.1 Å². The Morgan fingerprint density at radius 1 is 1.24 bits per heavy atom. The van der Waals surface area contributed by atoms with Gasteiger partial charge in [0.1, 0.15) is 14.9 Å². The molecule has 0 aliphatic heterocycles. The van der Waals surface area contributed by atoms with Crippen molar-refractivity contribution in [1.29, 1.82) is 0 Å². The molecule has 0 aliphatic carbocycles. The number of aryl methyl sites for hydroxylation is 2. The lowest BCUT2D eigenvalue weighted by atomic mass is 10.2. The SMILES string of the molecule is Cc1cc(NS(=O)(=O)c2cc(C)c(C(=O)O)s2)ccc1F. The lowest BCUT2D eigenvalue weighted by Gasteiger charge is -2.07. The summed E-state index contributed by atoms with van der Waals surface area (Å²) in [5.74, 6) is -1.60. The molecule has 0 spiro atoms. The van der Waals surface area contributed by atoms with E-state index in [0.29, 0.717) is 22.5 Å². The van der Waals surface area contributed by atoms with Gasteiger partial charge in [0.15, 0.2) is 0 Å². The van der Waals surface area contributed by atoms with Gasteiger partial charge in [-0.2, -0.15) is 0 Å². The van der Waals surface area contributed by atoms with Crippen molar-refractivity contribution in [2.75, 3.05) is 4.72 Å². The van der Waals surface area contributed by atoms with Gasteiger partial charge in [-0.25, -0.2) is 17.6 Å². The first-order chi connectivity index (χ1) is 9.70. The zero-order valence-electron chi connectivity index (χ0n) is 11.2. The van der Waals surface area contributed by atoms with E-state index in [-0.39, 0.29) is 14.8 Å². The number of rotatable bonds is 4. The molecule has 2 aromatic rings. The first-order valence-corrected chi connectivity index (χ1v) is 8.13. The van der Waals surface area contributed by atoms with Crippen molar-refractivity contribution in [1.82, 2.24) is 0 Å². The van der Waals surface area contributed by atoms with Crippen LogP contribution >= 0.6 is 11.3 Å². The highest BCUT2D eigenvalue weighted by Gasteiger charge is 2.22. The van der Waals surface area contributed by atoms with Crippen LogP contribution in [-0.2, 0) is 10.0 Å². The number of aromatic carboxylic acids is 1. The van der Waals surface area contributed by atoms with Crippen LogP contribution in [0.15, 0.2) is 28.5 Å². The maximum Gasteiger partial charge on any atom is 0.346 e. The minimum atomic E-state index is -3.90. The summed E-state index contributed by atoms with van der Waals surface area (Å²) in [6, 6.07) is 5.13. The van der Waals surface area contributed by atoms with Gasteiger partial charge >= 0.3 is 5.97 Å². The Balaban J connectivity index is 2.36. The molecule has 1 aromatic carbocycles. The molecule has 2 rings (SSSR count). The lowest BCUT2D eigenvalue weighted by molar-refractivity contribution is 0.0701. The molecule has 0 fully saturated rings. The van der Waals surface area contributed by atoms with Crippen LogP contribution in [0.4, 0.5) is 10.1 Å². The molecule has 0 radical (unpaired) electrons. The predicted octanol–water partition coefficient (Wildman–Crippen LogP) is 3.00. The molecule has 0 amide bonds. The summed E-state index contributed by atoms with van der Waals surface area (Å²) >= 11 is 0.677. The van der Waals surface area contributed by atoms with Crippen LogP contribution in [0.25, 0.3) is 0 Å². The number of thiophene rings is 1. The summed E-state index contributed by atoms with van der Waals surface area (Å²) in [5.41, 5.74) is 0.906. The van der Waals surface area contributed by atoms with Crippen molar-refractivity contribution < 1.29 is 22.7 Å². The van der Waals surface area contributed by atoms with Crippen molar-refractivity contribution in [2.24, 2.45) is 0 Å². The van der Waals surface area contributed by atoms with Crippen LogP contribution in [0.2, 0.25) is 0 Å². The molecular weight excluding hydrogens is 317 g/mol. The topological polar surface area (TPSA) is 83.5 Å². The summed E-state index contributed by atoms with van der Waals surface area (Å²) < 4.78 is 39.8. The molecule has 1 aromatic heterocycles. The smallest absolute Gasteiger partial charge is 0.346 e. The highest BCUT2D eigenvalue weighted by molar-refractivity contribution is 7.94. The number of carboxylic acid groups (broad SMARTS) is 1. The maximum atomic E-state index is 13.2. The van der Waals surface area contributed by atoms with Gasteiger partial charge in [-0.15, -0.1) is 11.3 Å². The van der Waals surface area contributed by atoms with Crippen LogP contribution < -0.4 is 4.72 Å². The summed E-state index contributed by atoms with van der Waals surface area (Å²) in [7, 11) is -3.90. The molecule has 21 heavy (non-hydrogen) atoms. The molecule has 112 valence electrons. The number of carboxylic acids is 1. The van der Waals surface area contributed by atoms with Crippen molar-refractivity contribution in [3.8, 4) is 0 Å². The Morgan fingerprint density at radius 2 is 1.90 bits per heavy atom. The number of halogens is 1.